The van der Waals surface area contributed by atoms with E-state index in [9.17, 15) is 18.0 Å². The lowest BCUT2D eigenvalue weighted by Gasteiger charge is -2.33. The Morgan fingerprint density at radius 2 is 1.82 bits per heavy atom. The van der Waals surface area contributed by atoms with Crippen molar-refractivity contribution in [2.75, 3.05) is 25.1 Å². The van der Waals surface area contributed by atoms with Crippen LogP contribution in [0.25, 0.3) is 0 Å². The van der Waals surface area contributed by atoms with Gasteiger partial charge in [0.1, 0.15) is 17.2 Å². The summed E-state index contributed by atoms with van der Waals surface area (Å²) in [6.07, 6.45) is 1.12. The first kappa shape index (κ1) is 26.2. The lowest BCUT2D eigenvalue weighted by atomic mass is 10.0. The van der Waals surface area contributed by atoms with Gasteiger partial charge in [0.15, 0.2) is 0 Å². The van der Waals surface area contributed by atoms with Crippen LogP contribution in [0.15, 0.2) is 11.2 Å². The molecule has 1 saturated heterocycles. The summed E-state index contributed by atoms with van der Waals surface area (Å²) in [4.78, 5) is 42.4. The molecule has 2 amide bonds. The highest BCUT2D eigenvalue weighted by atomic mass is 35.5. The number of nitrogens with one attached hydrogen (secondary N) is 3. The minimum atomic E-state index is -3.83. The molecular weight excluding hydrogens is 507 g/mol. The van der Waals surface area contributed by atoms with Gasteiger partial charge in [0, 0.05) is 30.9 Å². The molecule has 186 valence electrons. The third-order valence-corrected chi connectivity index (χ3v) is 8.31. The third-order valence-electron chi connectivity index (χ3n) is 5.43. The van der Waals surface area contributed by atoms with Crippen LogP contribution in [0.5, 0.6) is 0 Å². The highest BCUT2D eigenvalue weighted by molar-refractivity contribution is 7.91. The fraction of sp³-hybridized carbons (Fsp3) is 0.500. The van der Waals surface area contributed by atoms with Crippen LogP contribution in [0.2, 0.25) is 10.0 Å². The minimum absolute atomic E-state index is 0.130. The predicted octanol–water partition coefficient (Wildman–Crippen LogP) is 2.29. The molecule has 34 heavy (non-hydrogen) atoms. The Kier molecular flexibility index (Phi) is 8.06. The molecular formula is C20H26Cl2N6O5S. The Hall–Kier alpha value is -2.41. The summed E-state index contributed by atoms with van der Waals surface area (Å²) in [6, 6.07) is 1.27. The van der Waals surface area contributed by atoms with Gasteiger partial charge in [0.25, 0.3) is 11.8 Å². The summed E-state index contributed by atoms with van der Waals surface area (Å²) in [5, 5.41) is 2.23. The maximum atomic E-state index is 12.7. The molecule has 11 nitrogen and oxygen atoms in total. The van der Waals surface area contributed by atoms with Crippen LogP contribution >= 0.6 is 23.2 Å². The van der Waals surface area contributed by atoms with E-state index in [1.165, 1.54) is 27.0 Å². The van der Waals surface area contributed by atoms with E-state index in [1.54, 1.807) is 6.92 Å². The fourth-order valence-electron chi connectivity index (χ4n) is 3.41. The van der Waals surface area contributed by atoms with E-state index >= 15 is 0 Å². The fourth-order valence-corrected chi connectivity index (χ4v) is 4.70. The lowest BCUT2D eigenvalue weighted by molar-refractivity contribution is 0.0531. The molecule has 0 aromatic carbocycles. The van der Waals surface area contributed by atoms with E-state index in [2.05, 4.69) is 30.6 Å². The van der Waals surface area contributed by atoms with Gasteiger partial charge in [0.05, 0.1) is 22.4 Å². The topological polar surface area (TPSA) is 146 Å². The van der Waals surface area contributed by atoms with Crippen molar-refractivity contribution in [1.82, 2.24) is 25.7 Å². The third kappa shape index (κ3) is 5.45. The lowest BCUT2D eigenvalue weighted by Crippen LogP contribution is -2.45. The van der Waals surface area contributed by atoms with Gasteiger partial charge in [0.2, 0.25) is 15.0 Å². The highest BCUT2D eigenvalue weighted by Gasteiger charge is 2.29. The zero-order valence-corrected chi connectivity index (χ0v) is 21.4. The number of nitrogens with zero attached hydrogens (tertiary/aromatic N) is 3. The summed E-state index contributed by atoms with van der Waals surface area (Å²) >= 11 is 12.2. The zero-order valence-electron chi connectivity index (χ0n) is 19.1. The molecule has 0 spiro atoms. The monoisotopic (exact) mass is 532 g/mol. The van der Waals surface area contributed by atoms with Gasteiger partial charge in [-0.1, -0.05) is 23.2 Å². The Morgan fingerprint density at radius 1 is 1.18 bits per heavy atom. The molecule has 1 fully saturated rings. The van der Waals surface area contributed by atoms with E-state index in [0.29, 0.717) is 42.5 Å². The van der Waals surface area contributed by atoms with Crippen LogP contribution < -0.4 is 15.7 Å². The molecule has 2 aromatic rings. The Balaban J connectivity index is 1.77. The van der Waals surface area contributed by atoms with Crippen molar-refractivity contribution in [2.45, 2.75) is 50.1 Å². The molecule has 0 atom stereocenters. The molecule has 0 unspecified atom stereocenters. The normalized spacial score (nSPS) is 15.0. The van der Waals surface area contributed by atoms with Crippen molar-refractivity contribution in [3.05, 3.63) is 33.2 Å². The van der Waals surface area contributed by atoms with Crippen molar-refractivity contribution < 1.29 is 22.8 Å². The number of carbonyl (C=O) groups excluding carboxylic acids is 2. The highest BCUT2D eigenvalue weighted by Crippen LogP contribution is 2.29. The van der Waals surface area contributed by atoms with Gasteiger partial charge < -0.3 is 15.2 Å². The zero-order chi connectivity index (χ0) is 25.2. The van der Waals surface area contributed by atoms with Gasteiger partial charge in [-0.2, -0.15) is 0 Å². The standard InChI is InChI=1S/C20H26Cl2N6O5S/c1-10(2)34(31,32)20-25-13(18(29)27-33-4)9-14(26-20)28-7-5-12(6-8-28)24-19(30)17-16(22)15(21)11(3)23-17/h9-10,12,23H,5-8H2,1-4H3,(H,24,30)(H,27,29). The van der Waals surface area contributed by atoms with Crippen LogP contribution in [-0.4, -0.2) is 66.7 Å². The van der Waals surface area contributed by atoms with Crippen LogP contribution in [0.1, 0.15) is 53.4 Å². The molecule has 0 radical (unpaired) electrons. The number of anilines is 1. The number of hydrogen-bond acceptors (Lipinski definition) is 8. The molecule has 3 N–H and O–H groups in total. The van der Waals surface area contributed by atoms with Crippen molar-refractivity contribution in [2.24, 2.45) is 0 Å². The van der Waals surface area contributed by atoms with Crippen molar-refractivity contribution in [3.63, 3.8) is 0 Å². The molecule has 1 aliphatic rings. The summed E-state index contributed by atoms with van der Waals surface area (Å²) in [6.45, 7) is 5.68. The first-order valence-electron chi connectivity index (χ1n) is 10.5. The SMILES string of the molecule is CONC(=O)c1cc(N2CCC(NC(=O)c3[nH]c(C)c(Cl)c3Cl)CC2)nc(S(=O)(=O)C(C)C)n1. The number of aromatic amines is 1. The number of hydroxylamine groups is 1. The van der Waals surface area contributed by atoms with Crippen LogP contribution in [0.3, 0.4) is 0 Å². The second-order valence-electron chi connectivity index (χ2n) is 8.11. The predicted molar refractivity (Wildman–Crippen MR) is 127 cm³/mol. The van der Waals surface area contributed by atoms with Crippen LogP contribution in [-0.2, 0) is 14.7 Å². The number of H-pyrrole nitrogens is 1. The molecule has 14 heteroatoms. The molecule has 3 heterocycles. The number of amides is 2. The van der Waals surface area contributed by atoms with Crippen molar-refractivity contribution >= 4 is 50.7 Å². The molecule has 1 aliphatic heterocycles. The average Bonchev–Trinajstić information content (AvgIpc) is 3.06. The summed E-state index contributed by atoms with van der Waals surface area (Å²) in [5.74, 6) is -0.746. The number of rotatable bonds is 7. The number of carbonyl (C=O) groups is 2. The number of halogens is 2. The van der Waals surface area contributed by atoms with Crippen molar-refractivity contribution in [3.8, 4) is 0 Å². The first-order chi connectivity index (χ1) is 15.9. The Morgan fingerprint density at radius 3 is 2.35 bits per heavy atom. The Bertz CT molecular complexity index is 1190. The largest absolute Gasteiger partial charge is 0.356 e. The van der Waals surface area contributed by atoms with Gasteiger partial charge in [-0.15, -0.1) is 0 Å². The quantitative estimate of drug-likeness (QED) is 0.363. The smallest absolute Gasteiger partial charge is 0.293 e. The van der Waals surface area contributed by atoms with E-state index in [1.807, 2.05) is 4.90 Å². The molecule has 2 aromatic heterocycles. The Labute approximate surface area is 207 Å². The number of hydrogen-bond donors (Lipinski definition) is 3. The number of aryl methyl sites for hydroxylation is 1. The minimum Gasteiger partial charge on any atom is -0.356 e. The van der Waals surface area contributed by atoms with E-state index < -0.39 is 26.2 Å². The molecule has 0 saturated carbocycles. The number of piperidine rings is 1. The van der Waals surface area contributed by atoms with Crippen LogP contribution in [0, 0.1) is 6.92 Å². The summed E-state index contributed by atoms with van der Waals surface area (Å²) in [5.41, 5.74) is 2.83. The number of aromatic nitrogens is 3. The van der Waals surface area contributed by atoms with E-state index in [0.717, 1.165) is 0 Å². The molecule has 0 aliphatic carbocycles. The number of sulfone groups is 1. The van der Waals surface area contributed by atoms with Crippen LogP contribution in [0.4, 0.5) is 5.82 Å². The maximum absolute atomic E-state index is 12.7. The van der Waals surface area contributed by atoms with Gasteiger partial charge in [-0.3, -0.25) is 14.4 Å². The van der Waals surface area contributed by atoms with Gasteiger partial charge in [-0.25, -0.2) is 23.9 Å². The average molecular weight is 533 g/mol. The van der Waals surface area contributed by atoms with E-state index in [-0.39, 0.29) is 28.4 Å². The molecule has 3 rings (SSSR count). The van der Waals surface area contributed by atoms with Crippen molar-refractivity contribution in [1.29, 1.82) is 0 Å². The van der Waals surface area contributed by atoms with Gasteiger partial charge >= 0.3 is 0 Å². The summed E-state index contributed by atoms with van der Waals surface area (Å²) < 4.78 is 25.4. The summed E-state index contributed by atoms with van der Waals surface area (Å²) in [7, 11) is -2.56. The molecule has 0 bridgehead atoms. The maximum Gasteiger partial charge on any atom is 0.293 e. The second-order valence-corrected chi connectivity index (χ2v) is 11.3. The first-order valence-corrected chi connectivity index (χ1v) is 12.8. The second kappa shape index (κ2) is 10.5. The van der Waals surface area contributed by atoms with E-state index in [4.69, 9.17) is 23.2 Å². The van der Waals surface area contributed by atoms with Gasteiger partial charge in [-0.05, 0) is 33.6 Å².